The zero-order chi connectivity index (χ0) is 24.2. The number of amides is 3. The fourth-order valence-electron chi connectivity index (χ4n) is 3.91. The zero-order valence-corrected chi connectivity index (χ0v) is 19.4. The van der Waals surface area contributed by atoms with Crippen molar-refractivity contribution in [3.8, 4) is 11.5 Å². The highest BCUT2D eigenvalue weighted by Gasteiger charge is 2.31. The highest BCUT2D eigenvalue weighted by molar-refractivity contribution is 7.15. The van der Waals surface area contributed by atoms with Gasteiger partial charge in [-0.25, -0.2) is 0 Å². The molecular formula is C23H22N6O5S. The van der Waals surface area contributed by atoms with E-state index in [0.717, 1.165) is 16.9 Å². The van der Waals surface area contributed by atoms with Crippen LogP contribution in [0.2, 0.25) is 0 Å². The van der Waals surface area contributed by atoms with E-state index in [1.807, 2.05) is 12.1 Å². The molecule has 0 bridgehead atoms. The van der Waals surface area contributed by atoms with Gasteiger partial charge in [-0.3, -0.25) is 19.4 Å². The number of fused-ring (bicyclic) bond motifs is 1. The third-order valence-electron chi connectivity index (χ3n) is 5.70. The Morgan fingerprint density at radius 3 is 2.83 bits per heavy atom. The second-order valence-corrected chi connectivity index (χ2v) is 9.08. The molecule has 1 saturated heterocycles. The third-order valence-corrected chi connectivity index (χ3v) is 6.61. The van der Waals surface area contributed by atoms with E-state index < -0.39 is 5.91 Å². The number of nitrogens with zero attached hydrogens (tertiary/aromatic N) is 4. The summed E-state index contributed by atoms with van der Waals surface area (Å²) >= 11 is 0.916. The number of pyridine rings is 1. The van der Waals surface area contributed by atoms with Gasteiger partial charge in [0.15, 0.2) is 11.5 Å². The van der Waals surface area contributed by atoms with Gasteiger partial charge in [-0.1, -0.05) is 17.4 Å². The average Bonchev–Trinajstić information content (AvgIpc) is 3.57. The quantitative estimate of drug-likeness (QED) is 0.532. The summed E-state index contributed by atoms with van der Waals surface area (Å²) in [6.45, 7) is 1.33. The van der Waals surface area contributed by atoms with Crippen LogP contribution in [0.25, 0.3) is 0 Å². The monoisotopic (exact) mass is 494 g/mol. The van der Waals surface area contributed by atoms with E-state index in [9.17, 15) is 14.4 Å². The summed E-state index contributed by atoms with van der Waals surface area (Å²) < 4.78 is 10.6. The summed E-state index contributed by atoms with van der Waals surface area (Å²) in [6, 6.07) is 8.74. The molecule has 11 nitrogen and oxygen atoms in total. The van der Waals surface area contributed by atoms with Gasteiger partial charge < -0.3 is 25.0 Å². The van der Waals surface area contributed by atoms with Crippen LogP contribution in [0.4, 0.5) is 5.69 Å². The maximum atomic E-state index is 13.0. The molecule has 3 aromatic rings. The van der Waals surface area contributed by atoms with Crippen LogP contribution in [0.15, 0.2) is 42.7 Å². The molecule has 4 heterocycles. The normalized spacial score (nSPS) is 16.6. The van der Waals surface area contributed by atoms with Gasteiger partial charge >= 0.3 is 0 Å². The van der Waals surface area contributed by atoms with Crippen LogP contribution in [-0.2, 0) is 11.3 Å². The van der Waals surface area contributed by atoms with E-state index in [1.165, 1.54) is 0 Å². The molecule has 180 valence electrons. The Labute approximate surface area is 204 Å². The van der Waals surface area contributed by atoms with Crippen molar-refractivity contribution >= 4 is 34.7 Å². The van der Waals surface area contributed by atoms with Crippen LogP contribution in [-0.4, -0.2) is 57.7 Å². The van der Waals surface area contributed by atoms with Crippen molar-refractivity contribution in [1.82, 2.24) is 25.4 Å². The molecule has 0 aliphatic carbocycles. The lowest BCUT2D eigenvalue weighted by molar-refractivity contribution is -0.126. The maximum absolute atomic E-state index is 13.0. The predicted octanol–water partition coefficient (Wildman–Crippen LogP) is 2.08. The Kier molecular flexibility index (Phi) is 6.53. The molecule has 0 spiro atoms. The van der Waals surface area contributed by atoms with Gasteiger partial charge in [0, 0.05) is 43.8 Å². The minimum Gasteiger partial charge on any atom is -0.454 e. The molecule has 2 N–H and O–H groups in total. The van der Waals surface area contributed by atoms with E-state index in [4.69, 9.17) is 9.47 Å². The second-order valence-electron chi connectivity index (χ2n) is 8.10. The van der Waals surface area contributed by atoms with E-state index in [2.05, 4.69) is 25.8 Å². The SMILES string of the molecule is O=C(Nc1ccc2c(c1)OCO2)c1nnc(C(=O)N2CCC[C@@H](C(=O)NCc3cccnc3)C2)s1. The Hall–Kier alpha value is -4.06. The highest BCUT2D eigenvalue weighted by atomic mass is 32.1. The van der Waals surface area contributed by atoms with E-state index >= 15 is 0 Å². The van der Waals surface area contributed by atoms with Gasteiger partial charge in [-0.2, -0.15) is 0 Å². The molecule has 0 radical (unpaired) electrons. The Morgan fingerprint density at radius 1 is 1.11 bits per heavy atom. The third kappa shape index (κ3) is 5.22. The summed E-state index contributed by atoms with van der Waals surface area (Å²) in [5, 5.41) is 13.6. The Morgan fingerprint density at radius 2 is 1.97 bits per heavy atom. The topological polar surface area (TPSA) is 136 Å². The molecule has 1 fully saturated rings. The van der Waals surface area contributed by atoms with E-state index in [-0.39, 0.29) is 41.1 Å². The number of carbonyl (C=O) groups is 3. The maximum Gasteiger partial charge on any atom is 0.286 e. The number of hydrogen-bond acceptors (Lipinski definition) is 9. The number of aromatic nitrogens is 3. The van der Waals surface area contributed by atoms with Gasteiger partial charge in [0.1, 0.15) is 0 Å². The minimum absolute atomic E-state index is 0.0637. The van der Waals surface area contributed by atoms with Crippen molar-refractivity contribution in [3.63, 3.8) is 0 Å². The molecule has 2 aromatic heterocycles. The zero-order valence-electron chi connectivity index (χ0n) is 18.6. The second kappa shape index (κ2) is 10.1. The minimum atomic E-state index is -0.480. The Bertz CT molecular complexity index is 1250. The molecule has 0 unspecified atom stereocenters. The average molecular weight is 495 g/mol. The number of ether oxygens (including phenoxy) is 2. The van der Waals surface area contributed by atoms with E-state index in [1.54, 1.807) is 35.5 Å². The Balaban J connectivity index is 1.17. The molecule has 12 heteroatoms. The predicted molar refractivity (Wildman–Crippen MR) is 125 cm³/mol. The number of nitrogens with one attached hydrogen (secondary N) is 2. The fraction of sp³-hybridized carbons (Fsp3) is 0.304. The van der Waals surface area contributed by atoms with Crippen molar-refractivity contribution in [2.75, 3.05) is 25.2 Å². The molecule has 1 aromatic carbocycles. The van der Waals surface area contributed by atoms with Gasteiger partial charge in [-0.05, 0) is 36.6 Å². The number of anilines is 1. The number of carbonyl (C=O) groups excluding carboxylic acids is 3. The molecule has 3 amide bonds. The van der Waals surface area contributed by atoms with Crippen molar-refractivity contribution in [3.05, 3.63) is 58.3 Å². The first kappa shape index (κ1) is 22.7. The molecule has 5 rings (SSSR count). The summed E-state index contributed by atoms with van der Waals surface area (Å²) in [7, 11) is 0. The van der Waals surface area contributed by atoms with Gasteiger partial charge in [-0.15, -0.1) is 10.2 Å². The molecule has 35 heavy (non-hydrogen) atoms. The standard InChI is InChI=1S/C23H22N6O5S/c30-19(25-11-14-3-1-7-24-10-14)15-4-2-8-29(12-15)23(32)22-28-27-21(35-22)20(31)26-16-5-6-17-18(9-16)34-13-33-17/h1,3,5-7,9-10,15H,2,4,8,11-13H2,(H,25,30)(H,26,31)/t15-/m1/s1. The van der Waals surface area contributed by atoms with Gasteiger partial charge in [0.25, 0.3) is 11.8 Å². The summed E-state index contributed by atoms with van der Waals surface area (Å²) in [5.74, 6) is -0.0861. The summed E-state index contributed by atoms with van der Waals surface area (Å²) in [4.78, 5) is 43.9. The number of rotatable bonds is 6. The highest BCUT2D eigenvalue weighted by Crippen LogP contribution is 2.34. The lowest BCUT2D eigenvalue weighted by Gasteiger charge is -2.31. The van der Waals surface area contributed by atoms with Crippen molar-refractivity contribution in [2.45, 2.75) is 19.4 Å². The molecular weight excluding hydrogens is 472 g/mol. The number of hydrogen-bond donors (Lipinski definition) is 2. The number of benzene rings is 1. The molecule has 0 saturated carbocycles. The first-order chi connectivity index (χ1) is 17.1. The molecule has 2 aliphatic heterocycles. The largest absolute Gasteiger partial charge is 0.454 e. The summed E-state index contributed by atoms with van der Waals surface area (Å²) in [5.41, 5.74) is 1.42. The van der Waals surface area contributed by atoms with Gasteiger partial charge in [0.05, 0.1) is 5.92 Å². The van der Waals surface area contributed by atoms with Gasteiger partial charge in [0.2, 0.25) is 22.7 Å². The summed E-state index contributed by atoms with van der Waals surface area (Å²) in [6.07, 6.45) is 4.78. The van der Waals surface area contributed by atoms with E-state index in [0.29, 0.717) is 43.1 Å². The lowest BCUT2D eigenvalue weighted by Crippen LogP contribution is -2.45. The van der Waals surface area contributed by atoms with Crippen LogP contribution in [0.5, 0.6) is 11.5 Å². The van der Waals surface area contributed by atoms with Crippen molar-refractivity contribution in [2.24, 2.45) is 5.92 Å². The smallest absolute Gasteiger partial charge is 0.286 e. The lowest BCUT2D eigenvalue weighted by atomic mass is 9.97. The van der Waals surface area contributed by atoms with Crippen LogP contribution in [0, 0.1) is 5.92 Å². The first-order valence-corrected chi connectivity index (χ1v) is 11.9. The van der Waals surface area contributed by atoms with Crippen molar-refractivity contribution < 1.29 is 23.9 Å². The molecule has 1 atom stereocenters. The van der Waals surface area contributed by atoms with Crippen LogP contribution in [0.3, 0.4) is 0 Å². The molecule has 2 aliphatic rings. The van der Waals surface area contributed by atoms with Crippen LogP contribution in [0.1, 0.15) is 38.0 Å². The van der Waals surface area contributed by atoms with Crippen molar-refractivity contribution in [1.29, 1.82) is 0 Å². The first-order valence-electron chi connectivity index (χ1n) is 11.1. The number of likely N-dealkylation sites (tertiary alicyclic amines) is 1. The fourth-order valence-corrected chi connectivity index (χ4v) is 4.61. The number of piperidine rings is 1. The van der Waals surface area contributed by atoms with Crippen LogP contribution < -0.4 is 20.1 Å². The van der Waals surface area contributed by atoms with Crippen LogP contribution >= 0.6 is 11.3 Å².